The summed E-state index contributed by atoms with van der Waals surface area (Å²) in [5.41, 5.74) is 10.3. The van der Waals surface area contributed by atoms with Crippen LogP contribution < -0.4 is 21.9 Å². The van der Waals surface area contributed by atoms with Crippen LogP contribution in [0.2, 0.25) is 0 Å². The lowest BCUT2D eigenvalue weighted by molar-refractivity contribution is -0.303. The van der Waals surface area contributed by atoms with Crippen molar-refractivity contribution in [2.45, 2.75) is 200 Å². The molecule has 0 aromatic rings. The maximum Gasteiger partial charge on any atom is 0.333 e. The number of hydrogen-bond donors (Lipinski definition) is 14. The van der Waals surface area contributed by atoms with Gasteiger partial charge in [0.2, 0.25) is 0 Å². The van der Waals surface area contributed by atoms with Crippen LogP contribution in [0.1, 0.15) is 91.9 Å². The third kappa shape index (κ3) is 19.6. The number of cyclic esters (lactones) is 1. The van der Waals surface area contributed by atoms with Gasteiger partial charge in [-0.15, -0.1) is 0 Å². The SMILES string of the molecule is C[C@@H]1[C@H](O)[C@@H](C)/C=C/C=C/C=C/C=C/C=C/C=C/C=C/[C@H](O[C@@H]2O[C@H](C)[C@@H](O)[C@H](N)[C@@H]2O)C[C@@H]2O[C@](O)(C[C@@H](O)C[C@@H](O)[C@H](O)CC[C@@H](O)C[C@@H](O)CC(=O)O[C@H]1C)C[C@H](O)[C@H]2NC(=O)NNC(=O)C1(S(C)(=O)=O)CC1. The van der Waals surface area contributed by atoms with Crippen molar-refractivity contribution in [1.29, 1.82) is 0 Å². The van der Waals surface area contributed by atoms with Crippen LogP contribution in [0.3, 0.4) is 0 Å². The molecule has 0 radical (unpaired) electrons. The molecule has 0 aromatic heterocycles. The zero-order chi connectivity index (χ0) is 56.5. The summed E-state index contributed by atoms with van der Waals surface area (Å²) in [4.78, 5) is 38.9. The summed E-state index contributed by atoms with van der Waals surface area (Å²) in [6.07, 6.45) is 3.49. The fraction of sp³-hybridized carbons (Fsp3) is 0.673. The monoisotopic (exact) mass is 1100 g/mol. The van der Waals surface area contributed by atoms with Gasteiger partial charge in [-0.1, -0.05) is 98.9 Å². The molecule has 4 aliphatic rings. The number of ether oxygens (including phenoxy) is 4. The number of fused-ring (bicyclic) bond motifs is 2. The number of amides is 3. The molecule has 19 atom stereocenters. The summed E-state index contributed by atoms with van der Waals surface area (Å²) < 4.78 is 46.5. The van der Waals surface area contributed by atoms with Gasteiger partial charge in [0, 0.05) is 43.8 Å². The Morgan fingerprint density at radius 2 is 1.26 bits per heavy atom. The molecule has 1 saturated carbocycles. The number of carbonyl (C=O) groups excluding carboxylic acids is 3. The lowest BCUT2D eigenvalue weighted by Gasteiger charge is -2.46. The van der Waals surface area contributed by atoms with Gasteiger partial charge >= 0.3 is 12.0 Å². The van der Waals surface area contributed by atoms with Gasteiger partial charge in [0.1, 0.15) is 12.2 Å². The first kappa shape index (κ1) is 64.3. The Morgan fingerprint density at radius 3 is 1.84 bits per heavy atom. The van der Waals surface area contributed by atoms with E-state index in [4.69, 9.17) is 24.7 Å². The Bertz CT molecular complexity index is 2200. The summed E-state index contributed by atoms with van der Waals surface area (Å²) in [6, 6.07) is -3.75. The van der Waals surface area contributed by atoms with E-state index in [9.17, 15) is 73.9 Å². The number of hydrogen-bond acceptors (Lipinski definition) is 20. The van der Waals surface area contributed by atoms with Crippen molar-refractivity contribution >= 4 is 27.7 Å². The number of sulfone groups is 1. The smallest absolute Gasteiger partial charge is 0.333 e. The molecule has 1 aliphatic carbocycles. The molecule has 2 bridgehead atoms. The van der Waals surface area contributed by atoms with Crippen LogP contribution in [0.5, 0.6) is 0 Å². The van der Waals surface area contributed by atoms with E-state index >= 15 is 0 Å². The molecule has 0 unspecified atom stereocenters. The molecule has 76 heavy (non-hydrogen) atoms. The quantitative estimate of drug-likeness (QED) is 0.119. The fourth-order valence-electron chi connectivity index (χ4n) is 9.13. The first-order valence-electron chi connectivity index (χ1n) is 25.7. The number of hydrazine groups is 1. The van der Waals surface area contributed by atoms with Gasteiger partial charge in [0.15, 0.2) is 26.7 Å². The average molecular weight is 1100 g/mol. The number of aliphatic hydroxyl groups is 10. The van der Waals surface area contributed by atoms with E-state index in [-0.39, 0.29) is 44.4 Å². The van der Waals surface area contributed by atoms with Gasteiger partial charge in [0.05, 0.1) is 85.6 Å². The molecule has 0 aromatic carbocycles. The predicted octanol–water partition coefficient (Wildman–Crippen LogP) is -0.713. The van der Waals surface area contributed by atoms with Gasteiger partial charge in [-0.2, -0.15) is 0 Å². The summed E-state index contributed by atoms with van der Waals surface area (Å²) in [5.74, 6) is -4.90. The molecule has 3 fully saturated rings. The van der Waals surface area contributed by atoms with Gasteiger partial charge < -0.3 is 81.1 Å². The lowest BCUT2D eigenvalue weighted by Crippen LogP contribution is -2.64. The number of esters is 1. The minimum absolute atomic E-state index is 0.0355. The van der Waals surface area contributed by atoms with Gasteiger partial charge in [0.25, 0.3) is 5.91 Å². The van der Waals surface area contributed by atoms with Gasteiger partial charge in [-0.05, 0) is 46.0 Å². The second-order valence-corrected chi connectivity index (χ2v) is 22.9. The number of carbonyl (C=O) groups is 3. The molecule has 3 aliphatic heterocycles. The molecule has 2 saturated heterocycles. The van der Waals surface area contributed by atoms with Crippen molar-refractivity contribution in [3.8, 4) is 0 Å². The van der Waals surface area contributed by atoms with E-state index < -0.39 is 168 Å². The van der Waals surface area contributed by atoms with Crippen LogP contribution in [-0.2, 0) is 38.4 Å². The Morgan fingerprint density at radius 1 is 0.684 bits per heavy atom. The number of nitrogens with two attached hydrogens (primary N) is 1. The number of rotatable bonds is 5. The largest absolute Gasteiger partial charge is 0.462 e. The van der Waals surface area contributed by atoms with Crippen molar-refractivity contribution in [2.75, 3.05) is 6.26 Å². The van der Waals surface area contributed by atoms with Crippen LogP contribution in [0.15, 0.2) is 85.1 Å². The van der Waals surface area contributed by atoms with Crippen LogP contribution >= 0.6 is 0 Å². The Kier molecular flexibility index (Phi) is 25.1. The zero-order valence-corrected chi connectivity index (χ0v) is 44.5. The third-order valence-electron chi connectivity index (χ3n) is 14.2. The first-order chi connectivity index (χ1) is 35.7. The molecule has 430 valence electrons. The minimum atomic E-state index is -3.85. The highest BCUT2D eigenvalue weighted by Gasteiger charge is 2.59. The van der Waals surface area contributed by atoms with E-state index in [2.05, 4.69) is 16.2 Å². The molecule has 4 rings (SSSR count). The molecule has 24 heteroatoms. The van der Waals surface area contributed by atoms with Crippen LogP contribution in [0.4, 0.5) is 4.79 Å². The minimum Gasteiger partial charge on any atom is -0.462 e. The zero-order valence-electron chi connectivity index (χ0n) is 43.7. The highest BCUT2D eigenvalue weighted by atomic mass is 32.2. The molecular formula is C52H82N4O19S. The van der Waals surface area contributed by atoms with E-state index in [1.54, 1.807) is 86.8 Å². The average Bonchev–Trinajstić information content (AvgIpc) is 4.17. The van der Waals surface area contributed by atoms with Gasteiger partial charge in [-0.25, -0.2) is 18.6 Å². The van der Waals surface area contributed by atoms with Crippen molar-refractivity contribution in [1.82, 2.24) is 16.2 Å². The van der Waals surface area contributed by atoms with E-state index in [1.165, 1.54) is 13.0 Å². The highest BCUT2D eigenvalue weighted by molar-refractivity contribution is 7.93. The summed E-state index contributed by atoms with van der Waals surface area (Å²) in [6.45, 7) is 6.70. The topological polar surface area (TPSA) is 387 Å². The molecule has 3 amide bonds. The maximum atomic E-state index is 13.3. The fourth-order valence-corrected chi connectivity index (χ4v) is 10.4. The van der Waals surface area contributed by atoms with Crippen molar-refractivity contribution in [3.63, 3.8) is 0 Å². The number of urea groups is 1. The summed E-state index contributed by atoms with van der Waals surface area (Å²) in [7, 11) is -3.85. The Hall–Kier alpha value is -4.22. The second-order valence-electron chi connectivity index (χ2n) is 20.5. The second kappa shape index (κ2) is 29.7. The summed E-state index contributed by atoms with van der Waals surface area (Å²) >= 11 is 0. The van der Waals surface area contributed by atoms with E-state index in [1.807, 2.05) is 13.0 Å². The normalized spacial score (nSPS) is 42.1. The number of nitrogens with one attached hydrogen (secondary N) is 3. The van der Waals surface area contributed by atoms with Gasteiger partial charge in [-0.3, -0.25) is 15.0 Å². The van der Waals surface area contributed by atoms with Crippen LogP contribution in [-0.4, -0.2) is 192 Å². The first-order valence-corrected chi connectivity index (χ1v) is 27.6. The molecule has 15 N–H and O–H groups in total. The standard InChI is InChI=1S/C52H82N4O19S/c1-30-18-16-14-12-10-8-6-7-9-11-13-15-17-19-37(74-48-47(66)43(53)46(65)33(4)73-48)27-41-44(54-50(68)56-55-49(67)51(22-23-51)76(5,70)71)40(62)29-52(69,75-41)28-36(59)25-39(61)38(60)21-20-34(57)24-35(58)26-42(63)72-32(3)31(2)45(30)64/h6-19,30-41,43-48,57-62,64-66,69H,20-29,53H2,1-5H3,(H,55,67)(H2,54,56,68)/b7-6+,10-8+,11-9+,14-12+,15-13+,18-16+,19-17+/t30-,31-,32-,33+,34+,35+,36-,37-,38+,39+,40-,41-,43-,44+,45+,46+,47-,48-,52+/m0/s1. The third-order valence-corrected chi connectivity index (χ3v) is 16.2. The predicted molar refractivity (Wildman–Crippen MR) is 276 cm³/mol. The lowest BCUT2D eigenvalue weighted by atomic mass is 9.87. The highest BCUT2D eigenvalue weighted by Crippen LogP contribution is 2.43. The van der Waals surface area contributed by atoms with E-state index in [0.29, 0.717) is 0 Å². The molecule has 0 spiro atoms. The number of allylic oxidation sites excluding steroid dienone is 12. The Labute approximate surface area is 444 Å². The van der Waals surface area contributed by atoms with Crippen molar-refractivity contribution < 1.29 is 92.8 Å². The number of aliphatic hydroxyl groups excluding tert-OH is 9. The van der Waals surface area contributed by atoms with E-state index in [0.717, 1.165) is 6.26 Å². The van der Waals surface area contributed by atoms with Crippen molar-refractivity contribution in [3.05, 3.63) is 85.1 Å². The summed E-state index contributed by atoms with van der Waals surface area (Å²) in [5, 5.41) is 113. The Balaban J connectivity index is 1.61. The molecule has 23 nitrogen and oxygen atoms in total. The maximum absolute atomic E-state index is 13.3. The van der Waals surface area contributed by atoms with Crippen LogP contribution in [0.25, 0.3) is 0 Å². The van der Waals surface area contributed by atoms with Crippen LogP contribution in [0, 0.1) is 11.8 Å². The molecular weight excluding hydrogens is 1020 g/mol. The van der Waals surface area contributed by atoms with Crippen molar-refractivity contribution in [2.24, 2.45) is 17.6 Å². The molecule has 3 heterocycles.